The third-order valence-electron chi connectivity index (χ3n) is 3.20. The van der Waals surface area contributed by atoms with E-state index in [1.165, 1.54) is 12.1 Å². The Labute approximate surface area is 131 Å². The number of nitrogens with one attached hydrogen (secondary N) is 1. The predicted molar refractivity (Wildman–Crippen MR) is 83.2 cm³/mol. The van der Waals surface area contributed by atoms with Gasteiger partial charge in [-0.2, -0.15) is 0 Å². The Balaban J connectivity index is 2.09. The number of aromatic nitrogens is 1. The van der Waals surface area contributed by atoms with Crippen molar-refractivity contribution in [2.75, 3.05) is 6.54 Å². The van der Waals surface area contributed by atoms with E-state index in [-0.39, 0.29) is 6.04 Å². The average molecular weight is 355 g/mol. The fourth-order valence-corrected chi connectivity index (χ4v) is 2.72. The standard InChI is InChI=1S/C16H17BrF2N2/c1-2-21-14(7-12-5-13(17)10-20-9-12)6-11-3-4-15(18)16(19)8-11/h3-5,8-10,14,21H,2,6-7H2,1H3. The van der Waals surface area contributed by atoms with Crippen LogP contribution in [0.5, 0.6) is 0 Å². The third-order valence-corrected chi connectivity index (χ3v) is 3.64. The molecule has 2 aromatic rings. The molecule has 0 aliphatic heterocycles. The molecular formula is C16H17BrF2N2. The van der Waals surface area contributed by atoms with Crippen molar-refractivity contribution >= 4 is 15.9 Å². The quantitative estimate of drug-likeness (QED) is 0.851. The Morgan fingerprint density at radius 3 is 2.52 bits per heavy atom. The largest absolute Gasteiger partial charge is 0.314 e. The molecule has 5 heteroatoms. The number of hydrogen-bond donors (Lipinski definition) is 1. The second kappa shape index (κ2) is 7.61. The van der Waals surface area contributed by atoms with Crippen molar-refractivity contribution in [3.63, 3.8) is 0 Å². The highest BCUT2D eigenvalue weighted by molar-refractivity contribution is 9.10. The molecule has 0 radical (unpaired) electrons. The lowest BCUT2D eigenvalue weighted by atomic mass is 9.99. The van der Waals surface area contributed by atoms with Crippen LogP contribution in [-0.4, -0.2) is 17.6 Å². The fraction of sp³-hybridized carbons (Fsp3) is 0.312. The van der Waals surface area contributed by atoms with Gasteiger partial charge < -0.3 is 5.32 Å². The van der Waals surface area contributed by atoms with E-state index in [1.807, 2.05) is 19.2 Å². The topological polar surface area (TPSA) is 24.9 Å². The molecule has 0 spiro atoms. The van der Waals surface area contributed by atoms with E-state index in [0.29, 0.717) is 6.42 Å². The molecular weight excluding hydrogens is 338 g/mol. The maximum atomic E-state index is 13.3. The van der Waals surface area contributed by atoms with Gasteiger partial charge in [0.1, 0.15) is 0 Å². The van der Waals surface area contributed by atoms with Crippen LogP contribution in [0, 0.1) is 11.6 Å². The molecule has 1 N–H and O–H groups in total. The van der Waals surface area contributed by atoms with Crippen molar-refractivity contribution in [2.24, 2.45) is 0 Å². The number of rotatable bonds is 6. The molecule has 1 aromatic heterocycles. The molecule has 0 saturated carbocycles. The molecule has 0 amide bonds. The molecule has 1 unspecified atom stereocenters. The van der Waals surface area contributed by atoms with E-state index in [1.54, 1.807) is 12.3 Å². The van der Waals surface area contributed by atoms with E-state index < -0.39 is 11.6 Å². The minimum Gasteiger partial charge on any atom is -0.314 e. The summed E-state index contributed by atoms with van der Waals surface area (Å²) in [5.74, 6) is -1.61. The highest BCUT2D eigenvalue weighted by Gasteiger charge is 2.12. The van der Waals surface area contributed by atoms with Gasteiger partial charge in [0, 0.05) is 22.9 Å². The molecule has 0 aliphatic rings. The number of nitrogens with zero attached hydrogens (tertiary/aromatic N) is 1. The van der Waals surface area contributed by atoms with E-state index in [2.05, 4.69) is 26.2 Å². The van der Waals surface area contributed by atoms with Crippen LogP contribution >= 0.6 is 15.9 Å². The van der Waals surface area contributed by atoms with Crippen molar-refractivity contribution in [2.45, 2.75) is 25.8 Å². The van der Waals surface area contributed by atoms with Gasteiger partial charge in [0.2, 0.25) is 0 Å². The van der Waals surface area contributed by atoms with Crippen LogP contribution in [0.25, 0.3) is 0 Å². The molecule has 1 atom stereocenters. The lowest BCUT2D eigenvalue weighted by molar-refractivity contribution is 0.498. The predicted octanol–water partition coefficient (Wildman–Crippen LogP) is 3.89. The fourth-order valence-electron chi connectivity index (χ4n) is 2.31. The first-order chi connectivity index (χ1) is 10.1. The third kappa shape index (κ3) is 4.86. The molecule has 21 heavy (non-hydrogen) atoms. The van der Waals surface area contributed by atoms with Crippen LogP contribution in [0.3, 0.4) is 0 Å². The minimum absolute atomic E-state index is 0.149. The number of hydrogen-bond acceptors (Lipinski definition) is 2. The normalized spacial score (nSPS) is 12.4. The summed E-state index contributed by atoms with van der Waals surface area (Å²) >= 11 is 3.40. The molecule has 0 fully saturated rings. The smallest absolute Gasteiger partial charge is 0.159 e. The summed E-state index contributed by atoms with van der Waals surface area (Å²) in [6.07, 6.45) is 4.97. The zero-order valence-corrected chi connectivity index (χ0v) is 13.3. The zero-order chi connectivity index (χ0) is 15.2. The van der Waals surface area contributed by atoms with E-state index >= 15 is 0 Å². The maximum Gasteiger partial charge on any atom is 0.159 e. The highest BCUT2D eigenvalue weighted by Crippen LogP contribution is 2.15. The van der Waals surface area contributed by atoms with Crippen molar-refractivity contribution in [1.29, 1.82) is 0 Å². The Kier molecular flexibility index (Phi) is 5.82. The summed E-state index contributed by atoms with van der Waals surface area (Å²) < 4.78 is 27.2. The van der Waals surface area contributed by atoms with Crippen LogP contribution in [0.2, 0.25) is 0 Å². The minimum atomic E-state index is -0.810. The van der Waals surface area contributed by atoms with Gasteiger partial charge in [0.15, 0.2) is 11.6 Å². The Hall–Kier alpha value is -1.33. The van der Waals surface area contributed by atoms with Crippen molar-refractivity contribution in [3.05, 3.63) is 63.9 Å². The van der Waals surface area contributed by atoms with Gasteiger partial charge in [-0.15, -0.1) is 0 Å². The number of benzene rings is 1. The zero-order valence-electron chi connectivity index (χ0n) is 11.7. The van der Waals surface area contributed by atoms with Gasteiger partial charge in [-0.25, -0.2) is 8.78 Å². The van der Waals surface area contributed by atoms with Gasteiger partial charge in [-0.05, 0) is 64.6 Å². The molecule has 1 aromatic carbocycles. The Morgan fingerprint density at radius 2 is 1.86 bits per heavy atom. The van der Waals surface area contributed by atoms with Crippen LogP contribution in [0.1, 0.15) is 18.1 Å². The van der Waals surface area contributed by atoms with E-state index in [9.17, 15) is 8.78 Å². The number of pyridine rings is 1. The SMILES string of the molecule is CCNC(Cc1cncc(Br)c1)Cc1ccc(F)c(F)c1. The summed E-state index contributed by atoms with van der Waals surface area (Å²) in [4.78, 5) is 4.15. The van der Waals surface area contributed by atoms with Crippen LogP contribution in [0.15, 0.2) is 41.1 Å². The van der Waals surface area contributed by atoms with Crippen molar-refractivity contribution in [3.8, 4) is 0 Å². The molecule has 0 bridgehead atoms. The van der Waals surface area contributed by atoms with Gasteiger partial charge in [-0.3, -0.25) is 4.98 Å². The lowest BCUT2D eigenvalue weighted by Crippen LogP contribution is -2.33. The second-order valence-corrected chi connectivity index (χ2v) is 5.84. The van der Waals surface area contributed by atoms with Crippen molar-refractivity contribution in [1.82, 2.24) is 10.3 Å². The summed E-state index contributed by atoms with van der Waals surface area (Å²) in [5.41, 5.74) is 1.88. The summed E-state index contributed by atoms with van der Waals surface area (Å²) in [7, 11) is 0. The molecule has 2 nitrogen and oxygen atoms in total. The maximum absolute atomic E-state index is 13.3. The molecule has 0 aliphatic carbocycles. The monoisotopic (exact) mass is 354 g/mol. The van der Waals surface area contributed by atoms with Gasteiger partial charge in [0.05, 0.1) is 0 Å². The van der Waals surface area contributed by atoms with Crippen LogP contribution in [-0.2, 0) is 12.8 Å². The van der Waals surface area contributed by atoms with Crippen molar-refractivity contribution < 1.29 is 8.78 Å². The van der Waals surface area contributed by atoms with Crippen LogP contribution < -0.4 is 5.32 Å². The summed E-state index contributed by atoms with van der Waals surface area (Å²) in [6.45, 7) is 2.84. The highest BCUT2D eigenvalue weighted by atomic mass is 79.9. The molecule has 2 rings (SSSR count). The summed E-state index contributed by atoms with van der Waals surface area (Å²) in [5, 5.41) is 3.37. The number of likely N-dealkylation sites (N-methyl/N-ethyl adjacent to an activating group) is 1. The lowest BCUT2D eigenvalue weighted by Gasteiger charge is -2.18. The van der Waals surface area contributed by atoms with Gasteiger partial charge in [-0.1, -0.05) is 13.0 Å². The second-order valence-electron chi connectivity index (χ2n) is 4.92. The summed E-state index contributed by atoms with van der Waals surface area (Å²) in [6, 6.07) is 6.23. The average Bonchev–Trinajstić information content (AvgIpc) is 2.43. The first-order valence-corrected chi connectivity index (χ1v) is 7.64. The van der Waals surface area contributed by atoms with Gasteiger partial charge >= 0.3 is 0 Å². The van der Waals surface area contributed by atoms with Crippen LogP contribution in [0.4, 0.5) is 8.78 Å². The molecule has 0 saturated heterocycles. The first kappa shape index (κ1) is 16.0. The Morgan fingerprint density at radius 1 is 1.10 bits per heavy atom. The number of halogens is 3. The van der Waals surface area contributed by atoms with Gasteiger partial charge in [0.25, 0.3) is 0 Å². The van der Waals surface area contributed by atoms with E-state index in [0.717, 1.165) is 28.6 Å². The first-order valence-electron chi connectivity index (χ1n) is 6.85. The molecule has 1 heterocycles. The molecule has 112 valence electrons. The Bertz CT molecular complexity index is 605. The van der Waals surface area contributed by atoms with E-state index in [4.69, 9.17) is 0 Å².